The van der Waals surface area contributed by atoms with Crippen LogP contribution in [0.15, 0.2) is 42.5 Å². The van der Waals surface area contributed by atoms with Gasteiger partial charge in [0, 0.05) is 5.88 Å². The maximum Gasteiger partial charge on any atom is 0.119 e. The molecule has 0 aliphatic carbocycles. The third-order valence-corrected chi connectivity index (χ3v) is 3.49. The molecule has 0 saturated heterocycles. The lowest BCUT2D eigenvalue weighted by Gasteiger charge is -2.09. The lowest BCUT2D eigenvalue weighted by atomic mass is 10.0. The van der Waals surface area contributed by atoms with Gasteiger partial charge in [-0.25, -0.2) is 0 Å². The standard InChI is InChI=1S/C17H19ClO/c1-13-7-8-16(11-14(13)2)15-5-3-6-17(12-15)19-10-4-9-18/h3,5-8,11-12H,4,9-10H2,1-2H3. The third kappa shape index (κ3) is 3.74. The van der Waals surface area contributed by atoms with Crippen LogP contribution in [0.3, 0.4) is 0 Å². The molecule has 0 fully saturated rings. The zero-order chi connectivity index (χ0) is 13.7. The predicted molar refractivity (Wildman–Crippen MR) is 82.2 cm³/mol. The van der Waals surface area contributed by atoms with Crippen LogP contribution < -0.4 is 4.74 Å². The van der Waals surface area contributed by atoms with E-state index in [0.29, 0.717) is 12.5 Å². The Morgan fingerprint density at radius 1 is 0.947 bits per heavy atom. The fourth-order valence-corrected chi connectivity index (χ4v) is 2.04. The molecule has 2 aromatic rings. The van der Waals surface area contributed by atoms with Gasteiger partial charge >= 0.3 is 0 Å². The zero-order valence-corrected chi connectivity index (χ0v) is 12.2. The van der Waals surface area contributed by atoms with E-state index in [9.17, 15) is 0 Å². The van der Waals surface area contributed by atoms with Gasteiger partial charge in [-0.15, -0.1) is 11.6 Å². The summed E-state index contributed by atoms with van der Waals surface area (Å²) < 4.78 is 5.68. The first kappa shape index (κ1) is 14.0. The van der Waals surface area contributed by atoms with E-state index in [1.54, 1.807) is 0 Å². The lowest BCUT2D eigenvalue weighted by Crippen LogP contribution is -1.97. The molecule has 0 radical (unpaired) electrons. The van der Waals surface area contributed by atoms with E-state index in [1.165, 1.54) is 22.3 Å². The summed E-state index contributed by atoms with van der Waals surface area (Å²) in [5, 5.41) is 0. The van der Waals surface area contributed by atoms with Gasteiger partial charge in [-0.2, -0.15) is 0 Å². The maximum absolute atomic E-state index is 5.68. The highest BCUT2D eigenvalue weighted by molar-refractivity contribution is 6.17. The fourth-order valence-electron chi connectivity index (χ4n) is 1.93. The minimum absolute atomic E-state index is 0.636. The Kier molecular flexibility index (Phi) is 4.86. The van der Waals surface area contributed by atoms with Crippen LogP contribution >= 0.6 is 11.6 Å². The summed E-state index contributed by atoms with van der Waals surface area (Å²) in [4.78, 5) is 0. The van der Waals surface area contributed by atoms with Gasteiger partial charge in [0.05, 0.1) is 6.61 Å². The summed E-state index contributed by atoms with van der Waals surface area (Å²) in [5.74, 6) is 1.54. The highest BCUT2D eigenvalue weighted by atomic mass is 35.5. The number of ether oxygens (including phenoxy) is 1. The second-order valence-electron chi connectivity index (χ2n) is 4.72. The van der Waals surface area contributed by atoms with Crippen LogP contribution in [0.5, 0.6) is 5.75 Å². The third-order valence-electron chi connectivity index (χ3n) is 3.22. The lowest BCUT2D eigenvalue weighted by molar-refractivity contribution is 0.318. The minimum atomic E-state index is 0.636. The zero-order valence-electron chi connectivity index (χ0n) is 11.4. The van der Waals surface area contributed by atoms with Crippen molar-refractivity contribution in [2.45, 2.75) is 20.3 Å². The summed E-state index contributed by atoms with van der Waals surface area (Å²) in [6.07, 6.45) is 0.870. The van der Waals surface area contributed by atoms with Gasteiger partial charge in [0.15, 0.2) is 0 Å². The quantitative estimate of drug-likeness (QED) is 0.552. The average molecular weight is 275 g/mol. The molecule has 0 N–H and O–H groups in total. The van der Waals surface area contributed by atoms with Crippen LogP contribution in [0.1, 0.15) is 17.5 Å². The SMILES string of the molecule is Cc1ccc(-c2cccc(OCCCCl)c2)cc1C. The van der Waals surface area contributed by atoms with E-state index in [1.807, 2.05) is 12.1 Å². The van der Waals surface area contributed by atoms with Crippen molar-refractivity contribution in [1.29, 1.82) is 0 Å². The van der Waals surface area contributed by atoms with E-state index in [4.69, 9.17) is 16.3 Å². The molecule has 0 heterocycles. The average Bonchev–Trinajstić information content (AvgIpc) is 2.43. The molecular formula is C17H19ClO. The number of hydrogen-bond donors (Lipinski definition) is 0. The number of hydrogen-bond acceptors (Lipinski definition) is 1. The Labute approximate surface area is 120 Å². The molecule has 0 aromatic heterocycles. The molecule has 0 spiro atoms. The highest BCUT2D eigenvalue weighted by Crippen LogP contribution is 2.25. The summed E-state index contributed by atoms with van der Waals surface area (Å²) in [6.45, 7) is 4.93. The van der Waals surface area contributed by atoms with E-state index >= 15 is 0 Å². The van der Waals surface area contributed by atoms with Crippen molar-refractivity contribution in [3.8, 4) is 16.9 Å². The van der Waals surface area contributed by atoms with Crippen LogP contribution in [-0.2, 0) is 0 Å². The summed E-state index contributed by atoms with van der Waals surface area (Å²) in [5.41, 5.74) is 5.04. The van der Waals surface area contributed by atoms with E-state index in [0.717, 1.165) is 12.2 Å². The Bertz CT molecular complexity index is 549. The summed E-state index contributed by atoms with van der Waals surface area (Å²) in [7, 11) is 0. The highest BCUT2D eigenvalue weighted by Gasteiger charge is 2.02. The molecule has 2 heteroatoms. The van der Waals surface area contributed by atoms with Crippen LogP contribution in [0, 0.1) is 13.8 Å². The van der Waals surface area contributed by atoms with Gasteiger partial charge in [0.25, 0.3) is 0 Å². The topological polar surface area (TPSA) is 9.23 Å². The van der Waals surface area contributed by atoms with Crippen LogP contribution in [-0.4, -0.2) is 12.5 Å². The molecule has 19 heavy (non-hydrogen) atoms. The molecule has 0 aliphatic heterocycles. The van der Waals surface area contributed by atoms with Crippen molar-refractivity contribution in [3.63, 3.8) is 0 Å². The predicted octanol–water partition coefficient (Wildman–Crippen LogP) is 4.98. The summed E-state index contributed by atoms with van der Waals surface area (Å²) >= 11 is 5.65. The summed E-state index contributed by atoms with van der Waals surface area (Å²) in [6, 6.07) is 14.7. The van der Waals surface area contributed by atoms with Crippen LogP contribution in [0.25, 0.3) is 11.1 Å². The van der Waals surface area contributed by atoms with Crippen LogP contribution in [0.4, 0.5) is 0 Å². The molecule has 0 unspecified atom stereocenters. The monoisotopic (exact) mass is 274 g/mol. The van der Waals surface area contributed by atoms with E-state index < -0.39 is 0 Å². The van der Waals surface area contributed by atoms with E-state index in [-0.39, 0.29) is 0 Å². The molecule has 1 nitrogen and oxygen atoms in total. The molecule has 100 valence electrons. The first-order valence-corrected chi connectivity index (χ1v) is 7.10. The van der Waals surface area contributed by atoms with Gasteiger partial charge in [-0.3, -0.25) is 0 Å². The Balaban J connectivity index is 2.19. The van der Waals surface area contributed by atoms with Crippen molar-refractivity contribution < 1.29 is 4.74 Å². The number of halogens is 1. The van der Waals surface area contributed by atoms with Gasteiger partial charge in [0.2, 0.25) is 0 Å². The molecule has 0 bridgehead atoms. The van der Waals surface area contributed by atoms with Crippen molar-refractivity contribution in [2.24, 2.45) is 0 Å². The van der Waals surface area contributed by atoms with Crippen molar-refractivity contribution in [2.75, 3.05) is 12.5 Å². The van der Waals surface area contributed by atoms with Gasteiger partial charge in [0.1, 0.15) is 5.75 Å². The van der Waals surface area contributed by atoms with Gasteiger partial charge in [-0.05, 0) is 54.7 Å². The van der Waals surface area contributed by atoms with Gasteiger partial charge < -0.3 is 4.74 Å². The molecule has 0 atom stereocenters. The Morgan fingerprint density at radius 3 is 2.47 bits per heavy atom. The number of benzene rings is 2. The molecule has 0 amide bonds. The fraction of sp³-hybridized carbons (Fsp3) is 0.294. The maximum atomic E-state index is 5.68. The first-order chi connectivity index (χ1) is 9.20. The number of alkyl halides is 1. The van der Waals surface area contributed by atoms with Gasteiger partial charge in [-0.1, -0.05) is 30.3 Å². The number of aryl methyl sites for hydroxylation is 2. The second-order valence-corrected chi connectivity index (χ2v) is 5.10. The molecule has 2 rings (SSSR count). The first-order valence-electron chi connectivity index (χ1n) is 6.57. The number of rotatable bonds is 5. The van der Waals surface area contributed by atoms with Crippen molar-refractivity contribution in [1.82, 2.24) is 0 Å². The smallest absolute Gasteiger partial charge is 0.119 e. The van der Waals surface area contributed by atoms with Crippen molar-refractivity contribution in [3.05, 3.63) is 53.6 Å². The van der Waals surface area contributed by atoms with Crippen molar-refractivity contribution >= 4 is 11.6 Å². The Morgan fingerprint density at radius 2 is 1.74 bits per heavy atom. The normalized spacial score (nSPS) is 10.5. The van der Waals surface area contributed by atoms with E-state index in [2.05, 4.69) is 44.2 Å². The largest absolute Gasteiger partial charge is 0.494 e. The second kappa shape index (κ2) is 6.63. The minimum Gasteiger partial charge on any atom is -0.494 e. The molecular weight excluding hydrogens is 256 g/mol. The molecule has 0 saturated carbocycles. The molecule has 0 aliphatic rings. The molecule has 2 aromatic carbocycles. The van der Waals surface area contributed by atoms with Crippen LogP contribution in [0.2, 0.25) is 0 Å². The Hall–Kier alpha value is -1.47.